The lowest BCUT2D eigenvalue weighted by atomic mass is 10.0. The van der Waals surface area contributed by atoms with Gasteiger partial charge in [0.15, 0.2) is 0 Å². The van der Waals surface area contributed by atoms with Gasteiger partial charge in [-0.25, -0.2) is 9.59 Å². The van der Waals surface area contributed by atoms with E-state index in [4.69, 9.17) is 4.74 Å². The monoisotopic (exact) mass is 475 g/mol. The van der Waals surface area contributed by atoms with Gasteiger partial charge in [0.25, 0.3) is 5.91 Å². The third-order valence-corrected chi connectivity index (χ3v) is 5.79. The third kappa shape index (κ3) is 6.38. The number of urea groups is 1. The summed E-state index contributed by atoms with van der Waals surface area (Å²) in [6.45, 7) is 9.80. The van der Waals surface area contributed by atoms with Crippen LogP contribution in [0.1, 0.15) is 47.3 Å². The maximum Gasteiger partial charge on any atom is 0.328 e. The first kappa shape index (κ1) is 25.7. The van der Waals surface area contributed by atoms with E-state index >= 15 is 0 Å². The Bertz CT molecular complexity index is 1240. The van der Waals surface area contributed by atoms with Crippen molar-refractivity contribution < 1.29 is 19.1 Å². The first-order chi connectivity index (χ1) is 16.6. The second-order valence-corrected chi connectivity index (χ2v) is 9.28. The molecule has 0 bridgehead atoms. The summed E-state index contributed by atoms with van der Waals surface area (Å²) in [6.07, 6.45) is 0.432. The van der Waals surface area contributed by atoms with Gasteiger partial charge < -0.3 is 20.7 Å². The normalized spacial score (nSPS) is 11.7. The molecule has 0 aromatic heterocycles. The lowest BCUT2D eigenvalue weighted by Gasteiger charge is -2.20. The van der Waals surface area contributed by atoms with Gasteiger partial charge in [0, 0.05) is 5.69 Å². The summed E-state index contributed by atoms with van der Waals surface area (Å²) >= 11 is 0. The molecule has 7 nitrogen and oxygen atoms in total. The number of aryl methyl sites for hydroxylation is 3. The van der Waals surface area contributed by atoms with Crippen molar-refractivity contribution in [3.05, 3.63) is 70.8 Å². The van der Waals surface area contributed by atoms with Crippen LogP contribution in [0, 0.1) is 26.7 Å². The van der Waals surface area contributed by atoms with Crippen molar-refractivity contribution in [2.24, 2.45) is 5.92 Å². The number of hydrogen-bond acceptors (Lipinski definition) is 4. The fourth-order valence-corrected chi connectivity index (χ4v) is 4.24. The molecule has 0 aliphatic carbocycles. The van der Waals surface area contributed by atoms with E-state index in [0.717, 1.165) is 33.2 Å². The van der Waals surface area contributed by atoms with Gasteiger partial charge in [0.1, 0.15) is 6.04 Å². The van der Waals surface area contributed by atoms with Crippen LogP contribution < -0.4 is 16.0 Å². The van der Waals surface area contributed by atoms with Gasteiger partial charge in [-0.2, -0.15) is 0 Å². The predicted octanol–water partition coefficient (Wildman–Crippen LogP) is 5.73. The first-order valence-electron chi connectivity index (χ1n) is 11.7. The number of nitrogens with one attached hydrogen (secondary N) is 3. The maximum atomic E-state index is 13.3. The molecule has 0 heterocycles. The number of hydrogen-bond donors (Lipinski definition) is 3. The van der Waals surface area contributed by atoms with Crippen LogP contribution in [-0.2, 0) is 9.53 Å². The number of rotatable bonds is 7. The molecular formula is C28H33N3O4. The second-order valence-electron chi connectivity index (χ2n) is 9.28. The zero-order valence-corrected chi connectivity index (χ0v) is 21.1. The van der Waals surface area contributed by atoms with Crippen LogP contribution in [0.3, 0.4) is 0 Å². The van der Waals surface area contributed by atoms with Crippen molar-refractivity contribution in [2.75, 3.05) is 17.7 Å². The summed E-state index contributed by atoms with van der Waals surface area (Å²) in [5.74, 6) is -0.810. The van der Waals surface area contributed by atoms with Crippen molar-refractivity contribution in [1.29, 1.82) is 0 Å². The highest BCUT2D eigenvalue weighted by Crippen LogP contribution is 2.26. The molecule has 0 unspecified atom stereocenters. The van der Waals surface area contributed by atoms with E-state index in [1.54, 1.807) is 12.1 Å². The molecule has 0 aliphatic heterocycles. The molecule has 0 aliphatic rings. The minimum absolute atomic E-state index is 0.167. The van der Waals surface area contributed by atoms with E-state index in [1.807, 2.05) is 71.0 Å². The predicted molar refractivity (Wildman–Crippen MR) is 140 cm³/mol. The molecular weight excluding hydrogens is 442 g/mol. The van der Waals surface area contributed by atoms with Gasteiger partial charge in [-0.15, -0.1) is 0 Å². The van der Waals surface area contributed by atoms with Gasteiger partial charge >= 0.3 is 12.0 Å². The molecule has 3 N–H and O–H groups in total. The van der Waals surface area contributed by atoms with Gasteiger partial charge in [0.2, 0.25) is 0 Å². The molecule has 0 spiro atoms. The van der Waals surface area contributed by atoms with Crippen LogP contribution in [0.15, 0.2) is 48.5 Å². The van der Waals surface area contributed by atoms with E-state index in [-0.39, 0.29) is 11.5 Å². The topological polar surface area (TPSA) is 96.5 Å². The highest BCUT2D eigenvalue weighted by molar-refractivity contribution is 6.10. The van der Waals surface area contributed by atoms with Crippen LogP contribution in [0.2, 0.25) is 0 Å². The average molecular weight is 476 g/mol. The zero-order valence-electron chi connectivity index (χ0n) is 21.1. The molecule has 0 fully saturated rings. The van der Waals surface area contributed by atoms with Crippen molar-refractivity contribution in [2.45, 2.75) is 47.1 Å². The highest BCUT2D eigenvalue weighted by Gasteiger charge is 2.25. The number of carbonyl (C=O) groups is 3. The zero-order chi connectivity index (χ0) is 25.7. The molecule has 184 valence electrons. The van der Waals surface area contributed by atoms with Crippen LogP contribution in [0.25, 0.3) is 10.8 Å². The molecule has 0 saturated heterocycles. The molecule has 3 aromatic rings. The Morgan fingerprint density at radius 3 is 2.06 bits per heavy atom. The Hall–Kier alpha value is -3.87. The van der Waals surface area contributed by atoms with Crippen molar-refractivity contribution in [3.63, 3.8) is 0 Å². The van der Waals surface area contributed by atoms with Crippen LogP contribution in [-0.4, -0.2) is 31.1 Å². The minimum atomic E-state index is -0.793. The quantitative estimate of drug-likeness (QED) is 0.380. The van der Waals surface area contributed by atoms with Crippen molar-refractivity contribution in [1.82, 2.24) is 5.32 Å². The Morgan fingerprint density at radius 1 is 0.886 bits per heavy atom. The molecule has 3 amide bonds. The number of benzene rings is 3. The van der Waals surface area contributed by atoms with Gasteiger partial charge in [-0.1, -0.05) is 55.8 Å². The smallest absolute Gasteiger partial charge is 0.328 e. The van der Waals surface area contributed by atoms with Gasteiger partial charge in [0.05, 0.1) is 18.4 Å². The number of amides is 3. The second kappa shape index (κ2) is 11.0. The number of esters is 1. The Balaban J connectivity index is 1.93. The number of ether oxygens (including phenoxy) is 1. The molecule has 35 heavy (non-hydrogen) atoms. The maximum absolute atomic E-state index is 13.3. The Labute approximate surface area is 206 Å². The summed E-state index contributed by atoms with van der Waals surface area (Å²) in [7, 11) is 1.30. The summed E-state index contributed by atoms with van der Waals surface area (Å²) in [6, 6.07) is 13.8. The number of anilines is 2. The molecule has 1 atom stereocenters. The molecule has 3 aromatic carbocycles. The van der Waals surface area contributed by atoms with E-state index in [9.17, 15) is 14.4 Å². The SMILES string of the molecule is COC(=O)[C@@H](CC(C)C)NC(=O)c1cc2ccccc2cc1NC(=O)Nc1c(C)cc(C)cc1C. The Morgan fingerprint density at radius 2 is 1.49 bits per heavy atom. The van der Waals surface area contributed by atoms with Crippen LogP contribution in [0.4, 0.5) is 16.2 Å². The summed E-state index contributed by atoms with van der Waals surface area (Å²) in [5, 5.41) is 10.2. The Kier molecular flexibility index (Phi) is 8.12. The lowest BCUT2D eigenvalue weighted by Crippen LogP contribution is -2.42. The summed E-state index contributed by atoms with van der Waals surface area (Å²) in [4.78, 5) is 38.6. The van der Waals surface area contributed by atoms with E-state index in [1.165, 1.54) is 7.11 Å². The molecule has 0 saturated carbocycles. The largest absolute Gasteiger partial charge is 0.467 e. The van der Waals surface area contributed by atoms with Gasteiger partial charge in [-0.3, -0.25) is 4.79 Å². The minimum Gasteiger partial charge on any atom is -0.467 e. The van der Waals surface area contributed by atoms with Gasteiger partial charge in [-0.05, 0) is 67.1 Å². The fraction of sp³-hybridized carbons (Fsp3) is 0.321. The number of methoxy groups -OCH3 is 1. The highest BCUT2D eigenvalue weighted by atomic mass is 16.5. The van der Waals surface area contributed by atoms with E-state index < -0.39 is 23.9 Å². The lowest BCUT2D eigenvalue weighted by molar-refractivity contribution is -0.143. The molecule has 0 radical (unpaired) electrons. The van der Waals surface area contributed by atoms with Crippen LogP contribution in [0.5, 0.6) is 0 Å². The number of fused-ring (bicyclic) bond motifs is 1. The van der Waals surface area contributed by atoms with Crippen molar-refractivity contribution >= 4 is 40.1 Å². The van der Waals surface area contributed by atoms with Crippen molar-refractivity contribution in [3.8, 4) is 0 Å². The third-order valence-electron chi connectivity index (χ3n) is 5.79. The first-order valence-corrected chi connectivity index (χ1v) is 11.7. The fourth-order valence-electron chi connectivity index (χ4n) is 4.24. The standard InChI is InChI=1S/C28H33N3O4/c1-16(2)11-24(27(33)35-6)29-26(32)22-14-20-9-7-8-10-21(20)15-23(22)30-28(34)31-25-18(4)12-17(3)13-19(25)5/h7-10,12-16,24H,11H2,1-6H3,(H,29,32)(H2,30,31,34)/t24-/m1/s1. The summed E-state index contributed by atoms with van der Waals surface area (Å²) < 4.78 is 4.88. The summed E-state index contributed by atoms with van der Waals surface area (Å²) in [5.41, 5.74) is 4.33. The van der Waals surface area contributed by atoms with E-state index in [0.29, 0.717) is 12.1 Å². The molecule has 7 heteroatoms. The average Bonchev–Trinajstić information content (AvgIpc) is 2.79. The molecule has 3 rings (SSSR count). The van der Waals surface area contributed by atoms with Crippen LogP contribution >= 0.6 is 0 Å². The number of carbonyl (C=O) groups excluding carboxylic acids is 3. The van der Waals surface area contributed by atoms with E-state index in [2.05, 4.69) is 16.0 Å².